The van der Waals surface area contributed by atoms with Crippen LogP contribution in [0.15, 0.2) is 24.5 Å². The number of rotatable bonds is 7. The number of carbonyl (C=O) groups is 2. The van der Waals surface area contributed by atoms with Crippen LogP contribution in [-0.4, -0.2) is 44.7 Å². The highest BCUT2D eigenvalue weighted by molar-refractivity contribution is 5.94. The lowest BCUT2D eigenvalue weighted by molar-refractivity contribution is -0.145. The summed E-state index contributed by atoms with van der Waals surface area (Å²) in [5, 5.41) is 4.45. The Labute approximate surface area is 159 Å². The Bertz CT molecular complexity index is 831. The van der Waals surface area contributed by atoms with Crippen molar-refractivity contribution in [2.45, 2.75) is 33.7 Å². The van der Waals surface area contributed by atoms with Crippen LogP contribution in [0.1, 0.15) is 40.7 Å². The van der Waals surface area contributed by atoms with Crippen LogP contribution in [0.4, 0.5) is 0 Å². The van der Waals surface area contributed by atoms with Gasteiger partial charge < -0.3 is 9.64 Å². The molecule has 7 heteroatoms. The van der Waals surface area contributed by atoms with Crippen LogP contribution in [0.2, 0.25) is 0 Å². The number of ether oxygens (including phenoxy) is 1. The zero-order valence-corrected chi connectivity index (χ0v) is 16.3. The molecule has 1 amide bonds. The third-order valence-electron chi connectivity index (χ3n) is 5.19. The molecule has 0 N–H and O–H groups in total. The molecule has 7 nitrogen and oxygen atoms in total. The highest BCUT2D eigenvalue weighted by Crippen LogP contribution is 2.40. The molecule has 27 heavy (non-hydrogen) atoms. The first kappa shape index (κ1) is 19.1. The number of esters is 1. The monoisotopic (exact) mass is 370 g/mol. The number of nitrogens with zero attached hydrogens (tertiary/aromatic N) is 4. The van der Waals surface area contributed by atoms with Gasteiger partial charge in [-0.05, 0) is 45.2 Å². The lowest BCUT2D eigenvalue weighted by Gasteiger charge is -2.23. The van der Waals surface area contributed by atoms with Crippen molar-refractivity contribution in [2.75, 3.05) is 13.2 Å². The highest BCUT2D eigenvalue weighted by atomic mass is 16.5. The first-order valence-corrected chi connectivity index (χ1v) is 9.27. The van der Waals surface area contributed by atoms with Gasteiger partial charge in [0.15, 0.2) is 0 Å². The molecule has 2 atom stereocenters. The van der Waals surface area contributed by atoms with Crippen LogP contribution < -0.4 is 0 Å². The Morgan fingerprint density at radius 1 is 1.30 bits per heavy atom. The molecule has 1 aliphatic rings. The lowest BCUT2D eigenvalue weighted by Crippen LogP contribution is -2.33. The van der Waals surface area contributed by atoms with E-state index >= 15 is 0 Å². The van der Waals surface area contributed by atoms with E-state index in [1.165, 1.54) is 0 Å². The van der Waals surface area contributed by atoms with Gasteiger partial charge in [0.2, 0.25) is 0 Å². The van der Waals surface area contributed by atoms with Crippen LogP contribution in [0.3, 0.4) is 0 Å². The molecule has 0 spiro atoms. The molecule has 0 aliphatic heterocycles. The molecule has 1 aliphatic carbocycles. The predicted octanol–water partition coefficient (Wildman–Crippen LogP) is 2.27. The van der Waals surface area contributed by atoms with Crippen molar-refractivity contribution >= 4 is 11.9 Å². The predicted molar refractivity (Wildman–Crippen MR) is 99.9 cm³/mol. The second-order valence-electron chi connectivity index (χ2n) is 7.05. The van der Waals surface area contributed by atoms with Crippen LogP contribution in [0, 0.1) is 25.7 Å². The van der Waals surface area contributed by atoms with Gasteiger partial charge in [-0.1, -0.05) is 0 Å². The molecule has 1 saturated carbocycles. The maximum atomic E-state index is 13.1. The van der Waals surface area contributed by atoms with E-state index in [1.54, 1.807) is 24.5 Å². The van der Waals surface area contributed by atoms with Gasteiger partial charge in [-0.15, -0.1) is 0 Å². The molecule has 0 aromatic carbocycles. The first-order chi connectivity index (χ1) is 12.9. The minimum atomic E-state index is -0.160. The van der Waals surface area contributed by atoms with E-state index in [-0.39, 0.29) is 23.7 Å². The molecular formula is C20H26N4O3. The quantitative estimate of drug-likeness (QED) is 0.699. The molecule has 0 radical (unpaired) electrons. The SMILES string of the molecule is CCOC(=O)[C@@H]1C[C@@H]1CN(Cc1c(C)nn(C)c1C)C(=O)c1ccncc1. The van der Waals surface area contributed by atoms with Gasteiger partial charge in [0, 0.05) is 49.4 Å². The Balaban J connectivity index is 1.79. The molecule has 0 unspecified atom stereocenters. The summed E-state index contributed by atoms with van der Waals surface area (Å²) in [6.07, 6.45) is 4.00. The first-order valence-electron chi connectivity index (χ1n) is 9.27. The van der Waals surface area contributed by atoms with E-state index in [2.05, 4.69) is 10.1 Å². The van der Waals surface area contributed by atoms with Crippen LogP contribution >= 0.6 is 0 Å². The standard InChI is InChI=1S/C20H26N4O3/c1-5-27-20(26)17-10-16(17)11-24(19(25)15-6-8-21-9-7-15)12-18-13(2)22-23(4)14(18)3/h6-9,16-17H,5,10-12H2,1-4H3/t16-,17-/m1/s1. The van der Waals surface area contributed by atoms with E-state index in [0.29, 0.717) is 25.3 Å². The number of carbonyl (C=O) groups excluding carboxylic acids is 2. The Morgan fingerprint density at radius 2 is 2.00 bits per heavy atom. The fourth-order valence-electron chi connectivity index (χ4n) is 3.40. The van der Waals surface area contributed by atoms with Crippen molar-refractivity contribution < 1.29 is 14.3 Å². The molecule has 3 rings (SSSR count). The van der Waals surface area contributed by atoms with Crippen LogP contribution in [-0.2, 0) is 23.1 Å². The minimum Gasteiger partial charge on any atom is -0.466 e. The molecule has 2 aromatic heterocycles. The van der Waals surface area contributed by atoms with Gasteiger partial charge in [0.05, 0.1) is 18.2 Å². The van der Waals surface area contributed by atoms with E-state index in [0.717, 1.165) is 23.4 Å². The molecule has 144 valence electrons. The van der Waals surface area contributed by atoms with E-state index in [9.17, 15) is 9.59 Å². The fraction of sp³-hybridized carbons (Fsp3) is 0.500. The third-order valence-corrected chi connectivity index (χ3v) is 5.19. The van der Waals surface area contributed by atoms with Gasteiger partial charge in [0.25, 0.3) is 5.91 Å². The lowest BCUT2D eigenvalue weighted by atomic mass is 10.1. The van der Waals surface area contributed by atoms with Crippen molar-refractivity contribution in [3.63, 3.8) is 0 Å². The topological polar surface area (TPSA) is 77.3 Å². The summed E-state index contributed by atoms with van der Waals surface area (Å²) >= 11 is 0. The number of aryl methyl sites for hydroxylation is 2. The van der Waals surface area contributed by atoms with Crippen molar-refractivity contribution in [3.05, 3.63) is 47.0 Å². The summed E-state index contributed by atoms with van der Waals surface area (Å²) in [6.45, 7) is 7.15. The van der Waals surface area contributed by atoms with Gasteiger partial charge >= 0.3 is 5.97 Å². The summed E-state index contributed by atoms with van der Waals surface area (Å²) in [6, 6.07) is 3.43. The second kappa shape index (κ2) is 7.90. The van der Waals surface area contributed by atoms with Gasteiger partial charge in [-0.25, -0.2) is 0 Å². The largest absolute Gasteiger partial charge is 0.466 e. The fourth-order valence-corrected chi connectivity index (χ4v) is 3.40. The third kappa shape index (κ3) is 4.18. The molecule has 0 saturated heterocycles. The van der Waals surface area contributed by atoms with Crippen LogP contribution in [0.5, 0.6) is 0 Å². The van der Waals surface area contributed by atoms with Gasteiger partial charge in [0.1, 0.15) is 0 Å². The summed E-state index contributed by atoms with van der Waals surface area (Å²) in [5.41, 5.74) is 3.60. The zero-order chi connectivity index (χ0) is 19.6. The van der Waals surface area contributed by atoms with Gasteiger partial charge in [-0.2, -0.15) is 5.10 Å². The number of pyridine rings is 1. The summed E-state index contributed by atoms with van der Waals surface area (Å²) in [7, 11) is 1.90. The van der Waals surface area contributed by atoms with Gasteiger partial charge in [-0.3, -0.25) is 19.3 Å². The van der Waals surface area contributed by atoms with Crippen LogP contribution in [0.25, 0.3) is 0 Å². The Hall–Kier alpha value is -2.70. The molecule has 2 heterocycles. The smallest absolute Gasteiger partial charge is 0.309 e. The maximum Gasteiger partial charge on any atom is 0.309 e. The van der Waals surface area contributed by atoms with E-state index in [1.807, 2.05) is 37.4 Å². The molecular weight excluding hydrogens is 344 g/mol. The summed E-state index contributed by atoms with van der Waals surface area (Å²) in [5.74, 6) is -0.178. The van der Waals surface area contributed by atoms with E-state index in [4.69, 9.17) is 4.74 Å². The highest BCUT2D eigenvalue weighted by Gasteiger charge is 2.45. The van der Waals surface area contributed by atoms with Crippen molar-refractivity contribution in [1.82, 2.24) is 19.7 Å². The zero-order valence-electron chi connectivity index (χ0n) is 16.3. The minimum absolute atomic E-state index is 0.0606. The Kier molecular flexibility index (Phi) is 5.58. The summed E-state index contributed by atoms with van der Waals surface area (Å²) < 4.78 is 6.95. The average Bonchev–Trinajstić information content (AvgIpc) is 3.39. The van der Waals surface area contributed by atoms with Crippen molar-refractivity contribution in [2.24, 2.45) is 18.9 Å². The van der Waals surface area contributed by atoms with E-state index < -0.39 is 0 Å². The van der Waals surface area contributed by atoms with Crippen molar-refractivity contribution in [3.8, 4) is 0 Å². The van der Waals surface area contributed by atoms with Crippen molar-refractivity contribution in [1.29, 1.82) is 0 Å². The number of hydrogen-bond acceptors (Lipinski definition) is 5. The maximum absolute atomic E-state index is 13.1. The molecule has 0 bridgehead atoms. The molecule has 2 aromatic rings. The normalized spacial score (nSPS) is 18.2. The number of aromatic nitrogens is 3. The molecule has 1 fully saturated rings. The number of amides is 1. The number of hydrogen-bond donors (Lipinski definition) is 0. The summed E-state index contributed by atoms with van der Waals surface area (Å²) in [4.78, 5) is 30.9. The Morgan fingerprint density at radius 3 is 2.59 bits per heavy atom. The second-order valence-corrected chi connectivity index (χ2v) is 7.05. The average molecular weight is 370 g/mol.